The van der Waals surface area contributed by atoms with Crippen LogP contribution in [0.1, 0.15) is 44.1 Å². The van der Waals surface area contributed by atoms with Gasteiger partial charge in [0.15, 0.2) is 6.10 Å². The van der Waals surface area contributed by atoms with Gasteiger partial charge in [0.2, 0.25) is 0 Å². The van der Waals surface area contributed by atoms with E-state index in [1.54, 1.807) is 6.07 Å². The summed E-state index contributed by atoms with van der Waals surface area (Å²) in [5.41, 5.74) is 7.31. The predicted octanol–water partition coefficient (Wildman–Crippen LogP) is 2.18. The number of nitrogens with zero attached hydrogens (tertiary/aromatic N) is 2. The molecule has 3 amide bonds. The van der Waals surface area contributed by atoms with Crippen molar-refractivity contribution in [1.29, 1.82) is 5.26 Å². The van der Waals surface area contributed by atoms with Gasteiger partial charge in [-0.15, -0.1) is 0 Å². The van der Waals surface area contributed by atoms with Crippen molar-refractivity contribution in [1.82, 2.24) is 9.88 Å². The molecule has 3 N–H and O–H groups in total. The molecule has 0 spiro atoms. The molecule has 0 unspecified atom stereocenters. The van der Waals surface area contributed by atoms with Gasteiger partial charge in [-0.3, -0.25) is 10.1 Å². The minimum Gasteiger partial charge on any atom is -0.448 e. The van der Waals surface area contributed by atoms with Crippen LogP contribution in [0.2, 0.25) is 0 Å². The third-order valence-electron chi connectivity index (χ3n) is 4.08. The molecule has 0 saturated carbocycles. The number of primary amides is 1. The van der Waals surface area contributed by atoms with Crippen LogP contribution in [0, 0.1) is 31.1 Å². The Morgan fingerprint density at radius 1 is 1.33 bits per heavy atom. The van der Waals surface area contributed by atoms with Crippen LogP contribution in [-0.2, 0) is 20.9 Å². The molecule has 0 fully saturated rings. The molecular formula is C19H26N4O4. The van der Waals surface area contributed by atoms with Crippen molar-refractivity contribution >= 4 is 24.0 Å². The molecule has 8 heteroatoms. The average Bonchev–Trinajstić information content (AvgIpc) is 2.83. The number of imide groups is 1. The third kappa shape index (κ3) is 6.29. The van der Waals surface area contributed by atoms with Crippen LogP contribution >= 0.6 is 0 Å². The fourth-order valence-electron chi connectivity index (χ4n) is 2.50. The first-order valence-electron chi connectivity index (χ1n) is 8.66. The van der Waals surface area contributed by atoms with Crippen LogP contribution in [0.3, 0.4) is 0 Å². The van der Waals surface area contributed by atoms with Gasteiger partial charge in [-0.05, 0) is 50.8 Å². The lowest BCUT2D eigenvalue weighted by atomic mass is 10.1. The van der Waals surface area contributed by atoms with Crippen molar-refractivity contribution < 1.29 is 19.1 Å². The predicted molar refractivity (Wildman–Crippen MR) is 100 cm³/mol. The highest BCUT2D eigenvalue weighted by Crippen LogP contribution is 2.20. The molecule has 0 aromatic carbocycles. The summed E-state index contributed by atoms with van der Waals surface area (Å²) in [5, 5.41) is 11.1. The van der Waals surface area contributed by atoms with Crippen molar-refractivity contribution in [2.75, 3.05) is 0 Å². The zero-order valence-corrected chi connectivity index (χ0v) is 16.3. The second-order valence-electron chi connectivity index (χ2n) is 6.73. The molecule has 0 aliphatic rings. The first-order chi connectivity index (χ1) is 12.6. The maximum Gasteiger partial charge on any atom is 0.349 e. The second kappa shape index (κ2) is 9.57. The molecular weight excluding hydrogens is 348 g/mol. The number of aromatic nitrogens is 1. The van der Waals surface area contributed by atoms with E-state index in [9.17, 15) is 19.6 Å². The van der Waals surface area contributed by atoms with Crippen LogP contribution in [0.5, 0.6) is 0 Å². The van der Waals surface area contributed by atoms with E-state index in [1.165, 1.54) is 13.0 Å². The number of nitrogens with two attached hydrogens (primary N) is 1. The molecule has 1 rings (SSSR count). The van der Waals surface area contributed by atoms with Gasteiger partial charge < -0.3 is 15.0 Å². The minimum absolute atomic E-state index is 0.238. The van der Waals surface area contributed by atoms with Gasteiger partial charge in [-0.2, -0.15) is 5.26 Å². The molecule has 1 atom stereocenters. The molecule has 0 bridgehead atoms. The first kappa shape index (κ1) is 22.0. The van der Waals surface area contributed by atoms with E-state index in [1.807, 2.05) is 25.2 Å². The Bertz CT molecular complexity index is 799. The van der Waals surface area contributed by atoms with Gasteiger partial charge in [0, 0.05) is 17.9 Å². The van der Waals surface area contributed by atoms with E-state index < -0.39 is 24.0 Å². The van der Waals surface area contributed by atoms with Crippen molar-refractivity contribution in [2.24, 2.45) is 11.7 Å². The quantitative estimate of drug-likeness (QED) is 0.429. The number of carbonyl (C=O) groups is 3. The number of urea groups is 1. The van der Waals surface area contributed by atoms with Gasteiger partial charge in [-0.1, -0.05) is 13.8 Å². The maximum absolute atomic E-state index is 12.2. The normalized spacial score (nSPS) is 12.4. The second-order valence-corrected chi connectivity index (χ2v) is 6.73. The van der Waals surface area contributed by atoms with Gasteiger partial charge in [0.05, 0.1) is 0 Å². The lowest BCUT2D eigenvalue weighted by molar-refractivity contribution is -0.150. The fraction of sp³-hybridized carbons (Fsp3) is 0.474. The van der Waals surface area contributed by atoms with Crippen LogP contribution in [0.15, 0.2) is 11.6 Å². The zero-order valence-electron chi connectivity index (χ0n) is 16.3. The molecule has 1 aromatic heterocycles. The summed E-state index contributed by atoms with van der Waals surface area (Å²) < 4.78 is 7.07. The lowest BCUT2D eigenvalue weighted by Crippen LogP contribution is -2.42. The highest BCUT2D eigenvalue weighted by Gasteiger charge is 2.22. The van der Waals surface area contributed by atoms with E-state index >= 15 is 0 Å². The Hall–Kier alpha value is -3.08. The maximum atomic E-state index is 12.2. The molecule has 1 aromatic rings. The number of hydrogen-bond acceptors (Lipinski definition) is 5. The first-order valence-corrected chi connectivity index (χ1v) is 8.66. The summed E-state index contributed by atoms with van der Waals surface area (Å²) in [7, 11) is 0. The standard InChI is InChI=1S/C19H26N4O4/c1-11(2)6-7-23-12(3)8-15(13(23)4)9-16(10-20)18(25)27-14(5)17(24)22-19(21)26/h8-9,11,14H,6-7H2,1-5H3,(H3,21,22,24,26)/b16-9+/t14-/m1/s1. The third-order valence-corrected chi connectivity index (χ3v) is 4.08. The van der Waals surface area contributed by atoms with Crippen LogP contribution in [0.4, 0.5) is 4.79 Å². The fourth-order valence-corrected chi connectivity index (χ4v) is 2.50. The summed E-state index contributed by atoms with van der Waals surface area (Å²) in [6.45, 7) is 10.3. The average molecular weight is 374 g/mol. The number of aryl methyl sites for hydroxylation is 1. The Kier molecular flexibility index (Phi) is 7.79. The van der Waals surface area contributed by atoms with Gasteiger partial charge in [0.25, 0.3) is 5.91 Å². The Morgan fingerprint density at radius 2 is 1.96 bits per heavy atom. The van der Waals surface area contributed by atoms with Crippen molar-refractivity contribution in [3.05, 3.63) is 28.6 Å². The van der Waals surface area contributed by atoms with Crippen molar-refractivity contribution in [2.45, 2.75) is 53.7 Å². The van der Waals surface area contributed by atoms with Crippen LogP contribution < -0.4 is 11.1 Å². The van der Waals surface area contributed by atoms with Gasteiger partial charge >= 0.3 is 12.0 Å². The number of esters is 1. The highest BCUT2D eigenvalue weighted by molar-refractivity contribution is 6.01. The van der Waals surface area contributed by atoms with Crippen LogP contribution in [0.25, 0.3) is 6.08 Å². The number of ether oxygens (including phenoxy) is 1. The molecule has 146 valence electrons. The van der Waals surface area contributed by atoms with E-state index in [0.29, 0.717) is 5.92 Å². The molecule has 0 aliphatic heterocycles. The summed E-state index contributed by atoms with van der Waals surface area (Å²) in [6, 6.07) is 2.64. The SMILES string of the molecule is Cc1cc(/C=C(\C#N)C(=O)O[C@H](C)C(=O)NC(N)=O)c(C)n1CCC(C)C. The number of nitrogens with one attached hydrogen (secondary N) is 1. The van der Waals surface area contributed by atoms with E-state index in [0.717, 1.165) is 29.9 Å². The smallest absolute Gasteiger partial charge is 0.349 e. The van der Waals surface area contributed by atoms with Crippen molar-refractivity contribution in [3.63, 3.8) is 0 Å². The number of hydrogen-bond donors (Lipinski definition) is 2. The zero-order chi connectivity index (χ0) is 20.7. The van der Waals surface area contributed by atoms with Gasteiger partial charge in [-0.25, -0.2) is 9.59 Å². The number of nitriles is 1. The number of rotatable bonds is 7. The highest BCUT2D eigenvalue weighted by atomic mass is 16.5. The largest absolute Gasteiger partial charge is 0.448 e. The molecule has 8 nitrogen and oxygen atoms in total. The molecule has 27 heavy (non-hydrogen) atoms. The van der Waals surface area contributed by atoms with E-state index in [4.69, 9.17) is 10.5 Å². The minimum atomic E-state index is -1.26. The summed E-state index contributed by atoms with van der Waals surface area (Å²) >= 11 is 0. The summed E-state index contributed by atoms with van der Waals surface area (Å²) in [4.78, 5) is 34.5. The topological polar surface area (TPSA) is 127 Å². The Morgan fingerprint density at radius 3 is 2.48 bits per heavy atom. The molecule has 1 heterocycles. The molecule has 0 aliphatic carbocycles. The summed E-state index contributed by atoms with van der Waals surface area (Å²) in [6.07, 6.45) is 1.19. The summed E-state index contributed by atoms with van der Waals surface area (Å²) in [5.74, 6) is -1.25. The molecule has 0 radical (unpaired) electrons. The van der Waals surface area contributed by atoms with Crippen LogP contribution in [-0.4, -0.2) is 28.6 Å². The van der Waals surface area contributed by atoms with E-state index in [-0.39, 0.29) is 5.57 Å². The number of amides is 3. The van der Waals surface area contributed by atoms with E-state index in [2.05, 4.69) is 18.4 Å². The monoisotopic (exact) mass is 374 g/mol. The Labute approximate surface area is 159 Å². The number of carbonyl (C=O) groups excluding carboxylic acids is 3. The Balaban J connectivity index is 2.98. The lowest BCUT2D eigenvalue weighted by Gasteiger charge is -2.12. The molecule has 0 saturated heterocycles. The van der Waals surface area contributed by atoms with Crippen molar-refractivity contribution in [3.8, 4) is 6.07 Å². The van der Waals surface area contributed by atoms with Gasteiger partial charge in [0.1, 0.15) is 11.6 Å².